The minimum atomic E-state index is -0.741. The molecule has 0 N–H and O–H groups in total. The molecular formula is C21H19F2NO3. The number of piperidine rings is 1. The third-order valence-corrected chi connectivity index (χ3v) is 5.37. The Morgan fingerprint density at radius 3 is 2.59 bits per heavy atom. The molecule has 2 aromatic carbocycles. The summed E-state index contributed by atoms with van der Waals surface area (Å²) >= 11 is 0. The Kier molecular flexibility index (Phi) is 4.21. The van der Waals surface area contributed by atoms with E-state index in [0.29, 0.717) is 37.2 Å². The summed E-state index contributed by atoms with van der Waals surface area (Å²) in [6.07, 6.45) is 1.20. The molecule has 0 bridgehead atoms. The second-order valence-electron chi connectivity index (χ2n) is 7.30. The number of nitrogens with zero attached hydrogens (tertiary/aromatic N) is 1. The molecule has 140 valence electrons. The van der Waals surface area contributed by atoms with Gasteiger partial charge in [-0.25, -0.2) is 8.78 Å². The molecule has 2 aromatic rings. The highest BCUT2D eigenvalue weighted by atomic mass is 19.1. The maximum atomic E-state index is 13.9. The maximum Gasteiger partial charge on any atom is 0.256 e. The quantitative estimate of drug-likeness (QED) is 0.764. The Morgan fingerprint density at radius 2 is 1.85 bits per heavy atom. The molecule has 6 heteroatoms. The van der Waals surface area contributed by atoms with Gasteiger partial charge in [0.25, 0.3) is 5.91 Å². The number of aryl methyl sites for hydroxylation is 1. The van der Waals surface area contributed by atoms with Gasteiger partial charge in [0.15, 0.2) is 5.78 Å². The van der Waals surface area contributed by atoms with Gasteiger partial charge in [-0.2, -0.15) is 0 Å². The molecule has 27 heavy (non-hydrogen) atoms. The lowest BCUT2D eigenvalue weighted by molar-refractivity contribution is -0.00582. The van der Waals surface area contributed by atoms with Crippen molar-refractivity contribution in [1.29, 1.82) is 0 Å². The number of rotatable bonds is 1. The summed E-state index contributed by atoms with van der Waals surface area (Å²) in [5.74, 6) is -1.32. The smallest absolute Gasteiger partial charge is 0.256 e. The van der Waals surface area contributed by atoms with Crippen LogP contribution in [0, 0.1) is 18.6 Å². The summed E-state index contributed by atoms with van der Waals surface area (Å²) in [4.78, 5) is 26.6. The van der Waals surface area contributed by atoms with E-state index in [4.69, 9.17) is 4.74 Å². The molecule has 0 unspecified atom stereocenters. The molecule has 0 aliphatic carbocycles. The van der Waals surface area contributed by atoms with E-state index in [-0.39, 0.29) is 17.8 Å². The molecule has 1 amide bonds. The number of hydrogen-bond acceptors (Lipinski definition) is 3. The normalized spacial score (nSPS) is 18.2. The molecule has 2 aliphatic rings. The van der Waals surface area contributed by atoms with Crippen LogP contribution in [0.5, 0.6) is 5.75 Å². The van der Waals surface area contributed by atoms with E-state index < -0.39 is 23.1 Å². The van der Waals surface area contributed by atoms with Gasteiger partial charge < -0.3 is 9.64 Å². The van der Waals surface area contributed by atoms with Crippen molar-refractivity contribution in [2.24, 2.45) is 0 Å². The number of halogens is 2. The number of ketones is 1. The van der Waals surface area contributed by atoms with Gasteiger partial charge in [0.2, 0.25) is 0 Å². The number of likely N-dealkylation sites (tertiary alicyclic amines) is 1. The van der Waals surface area contributed by atoms with Crippen LogP contribution in [0.3, 0.4) is 0 Å². The number of Topliss-reactive ketones (excluding diaryl/α,β-unsaturated/α-hetero) is 1. The zero-order chi connectivity index (χ0) is 19.2. The van der Waals surface area contributed by atoms with Crippen LogP contribution < -0.4 is 4.74 Å². The first-order valence-corrected chi connectivity index (χ1v) is 8.94. The first kappa shape index (κ1) is 17.6. The number of benzene rings is 2. The maximum absolute atomic E-state index is 13.9. The predicted octanol–water partition coefficient (Wildman–Crippen LogP) is 3.91. The van der Waals surface area contributed by atoms with Crippen LogP contribution in [0.4, 0.5) is 8.78 Å². The summed E-state index contributed by atoms with van der Waals surface area (Å²) in [6.45, 7) is 2.57. The molecule has 4 nitrogen and oxygen atoms in total. The molecule has 2 aliphatic heterocycles. The molecule has 1 spiro atoms. The third-order valence-electron chi connectivity index (χ3n) is 5.37. The van der Waals surface area contributed by atoms with Crippen LogP contribution in [0.15, 0.2) is 36.4 Å². The SMILES string of the molecule is Cc1ccc2c(c1)C(=O)CC1(CCN(C(=O)c3cc(F)ccc3F)CC1)O2. The number of carbonyl (C=O) groups is 2. The zero-order valence-electron chi connectivity index (χ0n) is 14.9. The van der Waals surface area contributed by atoms with Crippen molar-refractivity contribution in [3.05, 3.63) is 64.7 Å². The second kappa shape index (κ2) is 6.44. The van der Waals surface area contributed by atoms with Crippen molar-refractivity contribution in [1.82, 2.24) is 4.90 Å². The van der Waals surface area contributed by atoms with E-state index >= 15 is 0 Å². The van der Waals surface area contributed by atoms with Crippen LogP contribution in [-0.2, 0) is 0 Å². The summed E-state index contributed by atoms with van der Waals surface area (Å²) in [7, 11) is 0. The van der Waals surface area contributed by atoms with Crippen LogP contribution >= 0.6 is 0 Å². The monoisotopic (exact) mass is 371 g/mol. The highest BCUT2D eigenvalue weighted by Gasteiger charge is 2.43. The first-order chi connectivity index (χ1) is 12.9. The first-order valence-electron chi connectivity index (χ1n) is 8.94. The van der Waals surface area contributed by atoms with Gasteiger partial charge in [0.1, 0.15) is 23.0 Å². The van der Waals surface area contributed by atoms with Crippen molar-refractivity contribution in [3.8, 4) is 5.75 Å². The lowest BCUT2D eigenvalue weighted by Gasteiger charge is -2.44. The third kappa shape index (κ3) is 3.20. The topological polar surface area (TPSA) is 46.6 Å². The number of carbonyl (C=O) groups excluding carboxylic acids is 2. The Balaban J connectivity index is 1.50. The Bertz CT molecular complexity index is 933. The highest BCUT2D eigenvalue weighted by Crippen LogP contribution is 2.39. The fraction of sp³-hybridized carbons (Fsp3) is 0.333. The lowest BCUT2D eigenvalue weighted by atomic mass is 9.82. The Hall–Kier alpha value is -2.76. The minimum Gasteiger partial charge on any atom is -0.486 e. The minimum absolute atomic E-state index is 0.0379. The van der Waals surface area contributed by atoms with Gasteiger partial charge in [-0.3, -0.25) is 9.59 Å². The molecule has 2 heterocycles. The summed E-state index contributed by atoms with van der Waals surface area (Å²) in [5.41, 5.74) is 0.684. The van der Waals surface area contributed by atoms with E-state index in [1.54, 1.807) is 0 Å². The molecular weight excluding hydrogens is 352 g/mol. The van der Waals surface area contributed by atoms with Gasteiger partial charge in [0, 0.05) is 25.9 Å². The number of fused-ring (bicyclic) bond motifs is 1. The average molecular weight is 371 g/mol. The van der Waals surface area contributed by atoms with E-state index in [1.807, 2.05) is 25.1 Å². The number of ether oxygens (including phenoxy) is 1. The molecule has 0 atom stereocenters. The number of hydrogen-bond donors (Lipinski definition) is 0. The molecule has 0 aromatic heterocycles. The Labute approximate surface area is 155 Å². The van der Waals surface area contributed by atoms with Crippen molar-refractivity contribution in [2.45, 2.75) is 31.8 Å². The van der Waals surface area contributed by atoms with Gasteiger partial charge in [-0.05, 0) is 37.3 Å². The van der Waals surface area contributed by atoms with Crippen LogP contribution in [0.2, 0.25) is 0 Å². The van der Waals surface area contributed by atoms with E-state index in [0.717, 1.165) is 23.8 Å². The van der Waals surface area contributed by atoms with Crippen molar-refractivity contribution in [3.63, 3.8) is 0 Å². The van der Waals surface area contributed by atoms with Crippen LogP contribution in [0.25, 0.3) is 0 Å². The van der Waals surface area contributed by atoms with Gasteiger partial charge in [0.05, 0.1) is 17.5 Å². The summed E-state index contributed by atoms with van der Waals surface area (Å²) in [6, 6.07) is 8.39. The van der Waals surface area contributed by atoms with E-state index in [1.165, 1.54) is 4.90 Å². The molecule has 4 rings (SSSR count). The van der Waals surface area contributed by atoms with Gasteiger partial charge >= 0.3 is 0 Å². The van der Waals surface area contributed by atoms with Gasteiger partial charge in [-0.15, -0.1) is 0 Å². The predicted molar refractivity (Wildman–Crippen MR) is 95.0 cm³/mol. The Morgan fingerprint density at radius 1 is 1.11 bits per heavy atom. The average Bonchev–Trinajstić information content (AvgIpc) is 2.65. The van der Waals surface area contributed by atoms with E-state index in [9.17, 15) is 18.4 Å². The fourth-order valence-corrected chi connectivity index (χ4v) is 3.84. The van der Waals surface area contributed by atoms with Crippen molar-refractivity contribution in [2.75, 3.05) is 13.1 Å². The molecule has 0 radical (unpaired) electrons. The largest absolute Gasteiger partial charge is 0.486 e. The van der Waals surface area contributed by atoms with Crippen LogP contribution in [0.1, 0.15) is 45.5 Å². The van der Waals surface area contributed by atoms with Crippen LogP contribution in [-0.4, -0.2) is 35.3 Å². The molecule has 1 saturated heterocycles. The fourth-order valence-electron chi connectivity index (χ4n) is 3.84. The lowest BCUT2D eigenvalue weighted by Crippen LogP contribution is -2.52. The van der Waals surface area contributed by atoms with Gasteiger partial charge in [-0.1, -0.05) is 11.6 Å². The summed E-state index contributed by atoms with van der Waals surface area (Å²) in [5, 5.41) is 0. The second-order valence-corrected chi connectivity index (χ2v) is 7.30. The summed E-state index contributed by atoms with van der Waals surface area (Å²) < 4.78 is 33.4. The standard InChI is InChI=1S/C21H19F2NO3/c1-13-2-5-19-16(10-13)18(25)12-21(27-19)6-8-24(9-7-21)20(26)15-11-14(22)3-4-17(15)23/h2-5,10-11H,6-9,12H2,1H3. The molecule has 1 fully saturated rings. The van der Waals surface area contributed by atoms with Crippen molar-refractivity contribution < 1.29 is 23.1 Å². The number of amides is 1. The van der Waals surface area contributed by atoms with Crippen molar-refractivity contribution >= 4 is 11.7 Å². The highest BCUT2D eigenvalue weighted by molar-refractivity contribution is 6.00. The zero-order valence-corrected chi connectivity index (χ0v) is 14.9. The molecule has 0 saturated carbocycles. The van der Waals surface area contributed by atoms with E-state index in [2.05, 4.69) is 0 Å².